The number of hydrogen-bond acceptors (Lipinski definition) is 5. The first-order chi connectivity index (χ1) is 9.51. The van der Waals surface area contributed by atoms with Crippen molar-refractivity contribution in [2.24, 2.45) is 0 Å². The highest BCUT2D eigenvalue weighted by molar-refractivity contribution is 5.83. The van der Waals surface area contributed by atoms with Crippen molar-refractivity contribution < 1.29 is 14.8 Å². The Labute approximate surface area is 114 Å². The van der Waals surface area contributed by atoms with Gasteiger partial charge in [0.15, 0.2) is 0 Å². The number of benzene rings is 1. The van der Waals surface area contributed by atoms with Crippen LogP contribution in [-0.4, -0.2) is 27.0 Å². The van der Waals surface area contributed by atoms with Gasteiger partial charge in [0.25, 0.3) is 5.69 Å². The van der Waals surface area contributed by atoms with E-state index in [2.05, 4.69) is 10.3 Å². The summed E-state index contributed by atoms with van der Waals surface area (Å²) in [5, 5.41) is 23.1. The SMILES string of the molecule is CCC(Nc1ccc2cc([N+](=O)[O-])ccc2n1)C(=O)O. The Morgan fingerprint density at radius 1 is 1.45 bits per heavy atom. The van der Waals surface area contributed by atoms with E-state index in [0.717, 1.165) is 0 Å². The summed E-state index contributed by atoms with van der Waals surface area (Å²) in [5.41, 5.74) is 0.567. The molecule has 7 heteroatoms. The molecule has 0 aliphatic rings. The van der Waals surface area contributed by atoms with Crippen molar-refractivity contribution in [3.8, 4) is 0 Å². The van der Waals surface area contributed by atoms with Crippen LogP contribution in [0.15, 0.2) is 30.3 Å². The second-order valence-electron chi connectivity index (χ2n) is 4.27. The Bertz CT molecular complexity index is 672. The first kappa shape index (κ1) is 13.7. The fraction of sp³-hybridized carbons (Fsp3) is 0.231. The molecule has 2 aromatic rings. The van der Waals surface area contributed by atoms with Gasteiger partial charge in [0, 0.05) is 17.5 Å². The van der Waals surface area contributed by atoms with Crippen LogP contribution in [0.1, 0.15) is 13.3 Å². The van der Waals surface area contributed by atoms with Gasteiger partial charge in [-0.1, -0.05) is 6.92 Å². The summed E-state index contributed by atoms with van der Waals surface area (Å²) in [7, 11) is 0. The van der Waals surface area contributed by atoms with Gasteiger partial charge in [-0.2, -0.15) is 0 Å². The van der Waals surface area contributed by atoms with Gasteiger partial charge >= 0.3 is 5.97 Å². The molecule has 104 valence electrons. The zero-order chi connectivity index (χ0) is 14.7. The van der Waals surface area contributed by atoms with Crippen molar-refractivity contribution in [2.45, 2.75) is 19.4 Å². The lowest BCUT2D eigenvalue weighted by molar-refractivity contribution is -0.384. The topological polar surface area (TPSA) is 105 Å². The molecule has 0 aliphatic carbocycles. The van der Waals surface area contributed by atoms with Gasteiger partial charge in [0.05, 0.1) is 10.4 Å². The lowest BCUT2D eigenvalue weighted by atomic mass is 10.2. The van der Waals surface area contributed by atoms with Crippen LogP contribution in [0.3, 0.4) is 0 Å². The summed E-state index contributed by atoms with van der Waals surface area (Å²) >= 11 is 0. The van der Waals surface area contributed by atoms with E-state index in [-0.39, 0.29) is 5.69 Å². The van der Waals surface area contributed by atoms with Gasteiger partial charge in [-0.3, -0.25) is 10.1 Å². The van der Waals surface area contributed by atoms with Crippen molar-refractivity contribution in [1.29, 1.82) is 0 Å². The third-order valence-electron chi connectivity index (χ3n) is 2.91. The van der Waals surface area contributed by atoms with Crippen molar-refractivity contribution in [1.82, 2.24) is 4.98 Å². The molecule has 7 nitrogen and oxygen atoms in total. The van der Waals surface area contributed by atoms with E-state index in [4.69, 9.17) is 5.11 Å². The molecule has 1 aromatic heterocycles. The molecule has 1 aromatic carbocycles. The average molecular weight is 275 g/mol. The van der Waals surface area contributed by atoms with Gasteiger partial charge in [-0.05, 0) is 24.6 Å². The molecule has 1 unspecified atom stereocenters. The third-order valence-corrected chi connectivity index (χ3v) is 2.91. The van der Waals surface area contributed by atoms with Crippen LogP contribution in [-0.2, 0) is 4.79 Å². The summed E-state index contributed by atoms with van der Waals surface area (Å²) in [5.74, 6) is -0.515. The quantitative estimate of drug-likeness (QED) is 0.641. The average Bonchev–Trinajstić information content (AvgIpc) is 2.43. The maximum atomic E-state index is 11.0. The molecule has 2 rings (SSSR count). The van der Waals surface area contributed by atoms with E-state index in [1.54, 1.807) is 25.1 Å². The number of nitro groups is 1. The molecule has 0 radical (unpaired) electrons. The normalized spacial score (nSPS) is 12.1. The van der Waals surface area contributed by atoms with E-state index in [1.165, 1.54) is 12.1 Å². The molecule has 0 bridgehead atoms. The highest BCUT2D eigenvalue weighted by Crippen LogP contribution is 2.21. The Morgan fingerprint density at radius 2 is 2.20 bits per heavy atom. The summed E-state index contributed by atoms with van der Waals surface area (Å²) in [6, 6.07) is 6.91. The Balaban J connectivity index is 2.32. The number of anilines is 1. The van der Waals surface area contributed by atoms with Gasteiger partial charge in [0.2, 0.25) is 0 Å². The number of aromatic nitrogens is 1. The maximum absolute atomic E-state index is 11.0. The molecular formula is C13H13N3O4. The number of nitrogens with one attached hydrogen (secondary N) is 1. The molecule has 0 saturated carbocycles. The smallest absolute Gasteiger partial charge is 0.326 e. The van der Waals surface area contributed by atoms with Gasteiger partial charge < -0.3 is 10.4 Å². The minimum atomic E-state index is -0.946. The summed E-state index contributed by atoms with van der Waals surface area (Å²) in [6.45, 7) is 1.76. The van der Waals surface area contributed by atoms with Crippen LogP contribution in [0.25, 0.3) is 10.9 Å². The van der Waals surface area contributed by atoms with Crippen molar-refractivity contribution >= 4 is 28.4 Å². The fourth-order valence-corrected chi connectivity index (χ4v) is 1.82. The number of carbonyl (C=O) groups is 1. The van der Waals surface area contributed by atoms with Crippen molar-refractivity contribution in [3.05, 3.63) is 40.4 Å². The van der Waals surface area contributed by atoms with E-state index in [9.17, 15) is 14.9 Å². The molecule has 20 heavy (non-hydrogen) atoms. The lowest BCUT2D eigenvalue weighted by Crippen LogP contribution is -2.28. The first-order valence-corrected chi connectivity index (χ1v) is 6.06. The number of carboxylic acids is 1. The highest BCUT2D eigenvalue weighted by atomic mass is 16.6. The van der Waals surface area contributed by atoms with Crippen LogP contribution < -0.4 is 5.32 Å². The Hall–Kier alpha value is -2.70. The minimum Gasteiger partial charge on any atom is -0.480 e. The number of nitrogens with zero attached hydrogens (tertiary/aromatic N) is 2. The van der Waals surface area contributed by atoms with E-state index in [0.29, 0.717) is 23.1 Å². The molecule has 0 aliphatic heterocycles. The number of fused-ring (bicyclic) bond motifs is 1. The van der Waals surface area contributed by atoms with Crippen LogP contribution in [0, 0.1) is 10.1 Å². The number of pyridine rings is 1. The third kappa shape index (κ3) is 2.82. The van der Waals surface area contributed by atoms with Crippen molar-refractivity contribution in [3.63, 3.8) is 0 Å². The molecule has 0 spiro atoms. The molecule has 1 atom stereocenters. The fourth-order valence-electron chi connectivity index (χ4n) is 1.82. The second kappa shape index (κ2) is 5.52. The van der Waals surface area contributed by atoms with Crippen LogP contribution in [0.5, 0.6) is 0 Å². The van der Waals surface area contributed by atoms with Gasteiger partial charge in [0.1, 0.15) is 11.9 Å². The minimum absolute atomic E-state index is 0.00280. The zero-order valence-electron chi connectivity index (χ0n) is 10.7. The van der Waals surface area contributed by atoms with E-state index < -0.39 is 16.9 Å². The Morgan fingerprint density at radius 3 is 2.80 bits per heavy atom. The van der Waals surface area contributed by atoms with Crippen LogP contribution in [0.4, 0.5) is 11.5 Å². The largest absolute Gasteiger partial charge is 0.480 e. The monoisotopic (exact) mass is 275 g/mol. The Kier molecular flexibility index (Phi) is 3.79. The standard InChI is InChI=1S/C13H13N3O4/c1-2-10(13(17)18)14-12-6-3-8-7-9(16(19)20)4-5-11(8)15-12/h3-7,10H,2H2,1H3,(H,14,15)(H,17,18). The number of rotatable bonds is 5. The van der Waals surface area contributed by atoms with E-state index >= 15 is 0 Å². The van der Waals surface area contributed by atoms with Crippen molar-refractivity contribution in [2.75, 3.05) is 5.32 Å². The molecule has 2 N–H and O–H groups in total. The summed E-state index contributed by atoms with van der Waals surface area (Å²) < 4.78 is 0. The lowest BCUT2D eigenvalue weighted by Gasteiger charge is -2.13. The summed E-state index contributed by atoms with van der Waals surface area (Å²) in [4.78, 5) is 25.4. The second-order valence-corrected chi connectivity index (χ2v) is 4.27. The zero-order valence-corrected chi connectivity index (χ0v) is 10.7. The molecule has 0 saturated heterocycles. The number of nitro benzene ring substituents is 1. The van der Waals surface area contributed by atoms with E-state index in [1.807, 2.05) is 0 Å². The highest BCUT2D eigenvalue weighted by Gasteiger charge is 2.15. The van der Waals surface area contributed by atoms with Crippen LogP contribution >= 0.6 is 0 Å². The maximum Gasteiger partial charge on any atom is 0.326 e. The number of aliphatic carboxylic acids is 1. The number of hydrogen-bond donors (Lipinski definition) is 2. The van der Waals surface area contributed by atoms with Gasteiger partial charge in [-0.15, -0.1) is 0 Å². The number of carboxylic acid groups (broad SMARTS) is 1. The molecular weight excluding hydrogens is 262 g/mol. The predicted octanol–water partition coefficient (Wildman–Crippen LogP) is 2.42. The molecule has 0 fully saturated rings. The first-order valence-electron chi connectivity index (χ1n) is 6.06. The summed E-state index contributed by atoms with van der Waals surface area (Å²) in [6.07, 6.45) is 0.426. The van der Waals surface area contributed by atoms with Gasteiger partial charge in [-0.25, -0.2) is 9.78 Å². The number of non-ortho nitro benzene ring substituents is 1. The molecule has 1 heterocycles. The molecule has 0 amide bonds. The predicted molar refractivity (Wildman–Crippen MR) is 73.7 cm³/mol. The van der Waals surface area contributed by atoms with Crippen LogP contribution in [0.2, 0.25) is 0 Å².